The zero-order chi connectivity index (χ0) is 43.5. The third-order valence-electron chi connectivity index (χ3n) is 10.5. The van der Waals surface area contributed by atoms with E-state index in [2.05, 4.69) is 27.3 Å². The summed E-state index contributed by atoms with van der Waals surface area (Å²) in [5.74, 6) is -4.40. The number of benzene rings is 2. The molecule has 0 unspecified atom stereocenters. The number of amides is 6. The Morgan fingerprint density at radius 3 is 2.02 bits per heavy atom. The molecule has 0 spiro atoms. The molecule has 14 heteroatoms. The minimum Gasteiger partial charge on any atom is -0.480 e. The number of likely N-dealkylation sites (N-methyl/N-ethyl adjacent to an activating group) is 2. The Bertz CT molecular complexity index is 1880. The van der Waals surface area contributed by atoms with Gasteiger partial charge in [-0.3, -0.25) is 33.7 Å². The topological polar surface area (TPSA) is 194 Å². The minimum absolute atomic E-state index is 0.00971. The van der Waals surface area contributed by atoms with E-state index >= 15 is 0 Å². The Morgan fingerprint density at radius 1 is 0.862 bits per heavy atom. The fraction of sp³-hybridized carbons (Fsp3) is 0.477. The number of carbonyl (C=O) groups excluding carboxylic acids is 6. The van der Waals surface area contributed by atoms with Gasteiger partial charge in [0.25, 0.3) is 11.8 Å². The second-order valence-corrected chi connectivity index (χ2v) is 16.6. The normalized spacial score (nSPS) is 15.4. The number of rotatable bonds is 19. The van der Waals surface area contributed by atoms with Crippen LogP contribution in [0.3, 0.4) is 0 Å². The van der Waals surface area contributed by atoms with E-state index in [9.17, 15) is 38.7 Å². The van der Waals surface area contributed by atoms with Gasteiger partial charge in [-0.05, 0) is 48.4 Å². The van der Waals surface area contributed by atoms with E-state index in [4.69, 9.17) is 0 Å². The highest BCUT2D eigenvalue weighted by Crippen LogP contribution is 2.32. The van der Waals surface area contributed by atoms with E-state index in [0.717, 1.165) is 33.7 Å². The molecule has 0 saturated carbocycles. The highest BCUT2D eigenvalue weighted by Gasteiger charge is 2.42. The van der Waals surface area contributed by atoms with Crippen molar-refractivity contribution in [1.29, 1.82) is 0 Å². The first-order valence-corrected chi connectivity index (χ1v) is 19.5. The number of carboxylic acids is 1. The summed E-state index contributed by atoms with van der Waals surface area (Å²) < 4.78 is 0. The van der Waals surface area contributed by atoms with Crippen LogP contribution in [-0.4, -0.2) is 108 Å². The smallest absolute Gasteiger partial charge is 0.326 e. The van der Waals surface area contributed by atoms with Gasteiger partial charge in [-0.2, -0.15) is 0 Å². The molecule has 3 rings (SSSR count). The molecule has 0 aromatic heterocycles. The second kappa shape index (κ2) is 20.2. The van der Waals surface area contributed by atoms with Crippen LogP contribution in [0.5, 0.6) is 0 Å². The number of hydrogen-bond acceptors (Lipinski definition) is 8. The van der Waals surface area contributed by atoms with Crippen molar-refractivity contribution in [2.75, 3.05) is 27.2 Å². The number of hydrogen-bond donors (Lipinski definition) is 5. The van der Waals surface area contributed by atoms with Gasteiger partial charge >= 0.3 is 5.97 Å². The van der Waals surface area contributed by atoms with Gasteiger partial charge in [0.05, 0.1) is 12.1 Å². The average molecular weight is 801 g/mol. The minimum atomic E-state index is -1.39. The summed E-state index contributed by atoms with van der Waals surface area (Å²) in [4.78, 5) is 92.2. The van der Waals surface area contributed by atoms with Crippen molar-refractivity contribution in [1.82, 2.24) is 31.1 Å². The van der Waals surface area contributed by atoms with Crippen LogP contribution in [0.2, 0.25) is 0 Å². The van der Waals surface area contributed by atoms with Crippen molar-refractivity contribution >= 4 is 41.4 Å². The molecule has 0 saturated heterocycles. The van der Waals surface area contributed by atoms with E-state index in [1.54, 1.807) is 20.2 Å². The van der Waals surface area contributed by atoms with E-state index < -0.39 is 64.6 Å². The second-order valence-electron chi connectivity index (χ2n) is 16.6. The first-order valence-electron chi connectivity index (χ1n) is 19.5. The quantitative estimate of drug-likeness (QED) is 0.104. The zero-order valence-electron chi connectivity index (χ0n) is 35.3. The third kappa shape index (κ3) is 12.2. The Balaban J connectivity index is 1.72. The lowest BCUT2D eigenvalue weighted by Crippen LogP contribution is -2.61. The van der Waals surface area contributed by atoms with Gasteiger partial charge in [0.15, 0.2) is 0 Å². The Labute approximate surface area is 341 Å². The molecule has 1 aliphatic rings. The zero-order valence-corrected chi connectivity index (χ0v) is 35.3. The molecule has 4 atom stereocenters. The molecule has 14 nitrogen and oxygen atoms in total. The molecule has 5 N–H and O–H groups in total. The fourth-order valence-electron chi connectivity index (χ4n) is 6.88. The molecule has 1 aliphatic heterocycles. The molecule has 0 bridgehead atoms. The van der Waals surface area contributed by atoms with Crippen molar-refractivity contribution in [3.05, 3.63) is 84.0 Å². The lowest BCUT2D eigenvalue weighted by atomic mass is 9.76. The van der Waals surface area contributed by atoms with E-state index in [1.807, 2.05) is 97.0 Å². The maximum atomic E-state index is 14.4. The molecule has 0 aliphatic carbocycles. The molecular weight excluding hydrogens is 741 g/mol. The van der Waals surface area contributed by atoms with Crippen LogP contribution in [0, 0.1) is 11.3 Å². The van der Waals surface area contributed by atoms with Crippen LogP contribution in [0.25, 0.3) is 11.1 Å². The van der Waals surface area contributed by atoms with Gasteiger partial charge < -0.3 is 31.3 Å². The highest BCUT2D eigenvalue weighted by atomic mass is 16.4. The van der Waals surface area contributed by atoms with Crippen LogP contribution >= 0.6 is 0 Å². The van der Waals surface area contributed by atoms with Crippen LogP contribution < -0.4 is 21.3 Å². The molecule has 314 valence electrons. The number of aliphatic carboxylic acids is 1. The summed E-state index contributed by atoms with van der Waals surface area (Å²) in [6.07, 6.45) is 3.42. The largest absolute Gasteiger partial charge is 0.480 e. The van der Waals surface area contributed by atoms with Crippen LogP contribution in [-0.2, 0) is 39.0 Å². The van der Waals surface area contributed by atoms with Gasteiger partial charge in [-0.1, -0.05) is 109 Å². The third-order valence-corrected chi connectivity index (χ3v) is 10.5. The van der Waals surface area contributed by atoms with Crippen LogP contribution in [0.15, 0.2) is 78.4 Å². The Morgan fingerprint density at radius 2 is 1.47 bits per heavy atom. The number of carboxylic acid groups (broad SMARTS) is 1. The predicted octanol–water partition coefficient (Wildman–Crippen LogP) is 3.57. The van der Waals surface area contributed by atoms with Gasteiger partial charge in [0.1, 0.15) is 12.1 Å². The summed E-state index contributed by atoms with van der Waals surface area (Å²) in [5, 5.41) is 21.1. The first kappa shape index (κ1) is 46.8. The predicted molar refractivity (Wildman–Crippen MR) is 222 cm³/mol. The van der Waals surface area contributed by atoms with Crippen LogP contribution in [0.4, 0.5) is 0 Å². The lowest BCUT2D eigenvalue weighted by Gasteiger charge is -2.40. The van der Waals surface area contributed by atoms with E-state index in [1.165, 1.54) is 11.8 Å². The van der Waals surface area contributed by atoms with Crippen molar-refractivity contribution in [3.8, 4) is 11.1 Å². The summed E-state index contributed by atoms with van der Waals surface area (Å²) in [7, 11) is 3.33. The Kier molecular flexibility index (Phi) is 16.3. The molecule has 0 radical (unpaired) electrons. The van der Waals surface area contributed by atoms with Crippen molar-refractivity contribution < 1.29 is 38.7 Å². The van der Waals surface area contributed by atoms with E-state index in [0.29, 0.717) is 0 Å². The summed E-state index contributed by atoms with van der Waals surface area (Å²) >= 11 is 0. The SMILES string of the molecule is CN[C@H](C(=O)N[C@H](C(=O)N(C)[C@H](/C=C(\C)C(=O)N[C@H](CCC(=O)NCCN1C(=O)C=CC1=O)C(=O)O)C(C)C)C(C)(C)C)C(C)(C)c1cccc(-c2ccccc2)c1. The average Bonchev–Trinajstić information content (AvgIpc) is 3.49. The highest BCUT2D eigenvalue weighted by molar-refractivity contribution is 6.12. The number of nitrogens with one attached hydrogen (secondary N) is 4. The maximum Gasteiger partial charge on any atom is 0.326 e. The monoisotopic (exact) mass is 800 g/mol. The molecule has 0 fully saturated rings. The molecule has 2 aromatic rings. The summed E-state index contributed by atoms with van der Waals surface area (Å²) in [6.45, 7) is 14.8. The summed E-state index contributed by atoms with van der Waals surface area (Å²) in [6, 6.07) is 14.4. The standard InChI is InChI=1S/C44H60N6O8/c1-27(2)33(25-28(3)39(54)47-32(42(57)58)19-20-34(51)46-23-24-50-35(52)21-22-36(50)53)49(10)41(56)38(43(4,5)6)48-40(55)37(45-9)44(7,8)31-18-14-17-30(26-31)29-15-12-11-13-16-29/h11-18,21-22,25-27,32-33,37-38,45H,19-20,23-24H2,1-10H3,(H,46,51)(H,47,54)(H,48,55)(H,57,58)/b28-25+/t32-,33-,37-,38-/m1/s1. The molecule has 1 heterocycles. The number of nitrogens with zero attached hydrogens (tertiary/aromatic N) is 2. The molecule has 58 heavy (non-hydrogen) atoms. The molecule has 6 amide bonds. The van der Waals surface area contributed by atoms with Gasteiger partial charge in [0, 0.05) is 49.7 Å². The van der Waals surface area contributed by atoms with Crippen molar-refractivity contribution in [3.63, 3.8) is 0 Å². The summed E-state index contributed by atoms with van der Waals surface area (Å²) in [5.41, 5.74) is 1.77. The van der Waals surface area contributed by atoms with Gasteiger partial charge in [0.2, 0.25) is 23.6 Å². The van der Waals surface area contributed by atoms with Crippen molar-refractivity contribution in [2.45, 2.75) is 97.8 Å². The van der Waals surface area contributed by atoms with Crippen molar-refractivity contribution in [2.24, 2.45) is 11.3 Å². The van der Waals surface area contributed by atoms with Crippen LogP contribution in [0.1, 0.15) is 73.8 Å². The molecule has 2 aromatic carbocycles. The maximum absolute atomic E-state index is 14.4. The fourth-order valence-corrected chi connectivity index (χ4v) is 6.88. The number of carbonyl (C=O) groups is 7. The molecular formula is C44H60N6O8. The van der Waals surface area contributed by atoms with E-state index in [-0.39, 0.29) is 49.2 Å². The van der Waals surface area contributed by atoms with Gasteiger partial charge in [-0.25, -0.2) is 4.79 Å². The first-order chi connectivity index (χ1) is 27.1. The van der Waals surface area contributed by atoms with Gasteiger partial charge in [-0.15, -0.1) is 0 Å². The lowest BCUT2D eigenvalue weighted by molar-refractivity contribution is -0.142. The Hall–Kier alpha value is -5.63. The number of imide groups is 1.